The second kappa shape index (κ2) is 11.6. The Hall–Kier alpha value is -3.62. The largest absolute Gasteiger partial charge is 0.489 e. The molecule has 1 saturated carbocycles. The lowest BCUT2D eigenvalue weighted by Gasteiger charge is -2.34. The average molecular weight is 534 g/mol. The summed E-state index contributed by atoms with van der Waals surface area (Å²) in [5.41, 5.74) is 3.10. The third kappa shape index (κ3) is 6.88. The van der Waals surface area contributed by atoms with Crippen LogP contribution in [0, 0.1) is 6.92 Å². The number of amides is 1. The fraction of sp³-hybridized carbons (Fsp3) is 0.533. The van der Waals surface area contributed by atoms with Crippen LogP contribution in [0.4, 0.5) is 16.4 Å². The molecule has 39 heavy (non-hydrogen) atoms. The van der Waals surface area contributed by atoms with Gasteiger partial charge in [-0.2, -0.15) is 0 Å². The van der Waals surface area contributed by atoms with Gasteiger partial charge in [0.25, 0.3) is 0 Å². The first-order valence-electron chi connectivity index (χ1n) is 14.1. The number of hydrogen-bond donors (Lipinski definition) is 1. The Morgan fingerprint density at radius 1 is 1.10 bits per heavy atom. The molecule has 5 rings (SSSR count). The number of nitrogens with one attached hydrogen (secondary N) is 1. The number of hydrogen-bond acceptors (Lipinski definition) is 8. The van der Waals surface area contributed by atoms with E-state index in [1.165, 1.54) is 19.3 Å². The van der Waals surface area contributed by atoms with Crippen molar-refractivity contribution in [2.45, 2.75) is 90.3 Å². The maximum absolute atomic E-state index is 12.5. The summed E-state index contributed by atoms with van der Waals surface area (Å²) < 4.78 is 17.4. The maximum atomic E-state index is 12.5. The van der Waals surface area contributed by atoms with Crippen molar-refractivity contribution >= 4 is 17.7 Å². The van der Waals surface area contributed by atoms with Crippen LogP contribution in [0.1, 0.15) is 83.1 Å². The number of likely N-dealkylation sites (tertiary alicyclic amines) is 1. The van der Waals surface area contributed by atoms with E-state index in [1.807, 2.05) is 58.0 Å². The van der Waals surface area contributed by atoms with E-state index in [0.29, 0.717) is 25.0 Å². The van der Waals surface area contributed by atoms with Crippen LogP contribution in [0.5, 0.6) is 5.75 Å². The van der Waals surface area contributed by atoms with Crippen LogP contribution in [0.2, 0.25) is 0 Å². The van der Waals surface area contributed by atoms with E-state index >= 15 is 0 Å². The second-order valence-electron chi connectivity index (χ2n) is 11.6. The van der Waals surface area contributed by atoms with Gasteiger partial charge in [-0.15, -0.1) is 0 Å². The van der Waals surface area contributed by atoms with E-state index in [2.05, 4.69) is 15.5 Å². The zero-order valence-electron chi connectivity index (χ0n) is 23.4. The lowest BCUT2D eigenvalue weighted by Crippen LogP contribution is -2.46. The van der Waals surface area contributed by atoms with Gasteiger partial charge in [0.15, 0.2) is 0 Å². The normalized spacial score (nSPS) is 18.6. The minimum Gasteiger partial charge on any atom is -0.489 e. The van der Waals surface area contributed by atoms with Gasteiger partial charge in [-0.05, 0) is 71.6 Å². The zero-order valence-corrected chi connectivity index (χ0v) is 23.4. The first-order valence-corrected chi connectivity index (χ1v) is 14.1. The van der Waals surface area contributed by atoms with Gasteiger partial charge < -0.3 is 24.2 Å². The van der Waals surface area contributed by atoms with E-state index < -0.39 is 5.60 Å². The molecule has 1 aliphatic heterocycles. The zero-order chi connectivity index (χ0) is 27.4. The van der Waals surface area contributed by atoms with Crippen LogP contribution >= 0.6 is 0 Å². The summed E-state index contributed by atoms with van der Waals surface area (Å²) in [6, 6.07) is 9.65. The summed E-state index contributed by atoms with van der Waals surface area (Å²) in [6.07, 6.45) is 9.13. The molecule has 1 aromatic carbocycles. The topological polar surface area (TPSA) is 103 Å². The van der Waals surface area contributed by atoms with Crippen molar-refractivity contribution in [3.05, 3.63) is 48.0 Å². The molecular formula is C30H39N5O4. The fourth-order valence-corrected chi connectivity index (χ4v) is 5.41. The van der Waals surface area contributed by atoms with Gasteiger partial charge in [0, 0.05) is 30.4 Å². The van der Waals surface area contributed by atoms with Crippen molar-refractivity contribution in [3.8, 4) is 17.0 Å². The Labute approximate surface area is 230 Å². The molecule has 3 heterocycles. The SMILES string of the molecule is Cc1onc(C2CCCCC2)c1-c1ccnc(Nc2cccc(OC3CCCN(C(=O)OC(C)(C)C)C3)c2)n1. The van der Waals surface area contributed by atoms with Crippen molar-refractivity contribution in [1.29, 1.82) is 0 Å². The number of carbonyl (C=O) groups excluding carboxylic acids is 1. The Balaban J connectivity index is 1.26. The summed E-state index contributed by atoms with van der Waals surface area (Å²) in [4.78, 5) is 23.5. The molecule has 0 spiro atoms. The highest BCUT2D eigenvalue weighted by molar-refractivity contribution is 5.68. The third-order valence-electron chi connectivity index (χ3n) is 7.22. The lowest BCUT2D eigenvalue weighted by atomic mass is 9.85. The lowest BCUT2D eigenvalue weighted by molar-refractivity contribution is 0.00776. The predicted octanol–water partition coefficient (Wildman–Crippen LogP) is 7.01. The molecule has 3 aromatic rings. The molecule has 208 valence electrons. The molecule has 2 aliphatic rings. The molecule has 1 N–H and O–H groups in total. The number of rotatable bonds is 6. The van der Waals surface area contributed by atoms with Crippen LogP contribution < -0.4 is 10.1 Å². The van der Waals surface area contributed by atoms with Gasteiger partial charge in [0.05, 0.1) is 23.5 Å². The number of carbonyl (C=O) groups is 1. The molecule has 9 nitrogen and oxygen atoms in total. The summed E-state index contributed by atoms with van der Waals surface area (Å²) in [6.45, 7) is 8.76. The Morgan fingerprint density at radius 3 is 2.72 bits per heavy atom. The molecule has 2 aromatic heterocycles. The van der Waals surface area contributed by atoms with E-state index in [9.17, 15) is 4.79 Å². The second-order valence-corrected chi connectivity index (χ2v) is 11.6. The Kier molecular flexibility index (Phi) is 8.04. The third-order valence-corrected chi connectivity index (χ3v) is 7.22. The van der Waals surface area contributed by atoms with E-state index in [0.717, 1.165) is 59.8 Å². The van der Waals surface area contributed by atoms with Gasteiger partial charge in [-0.25, -0.2) is 14.8 Å². The van der Waals surface area contributed by atoms with E-state index in [-0.39, 0.29) is 12.2 Å². The highest BCUT2D eigenvalue weighted by Crippen LogP contribution is 2.38. The minimum atomic E-state index is -0.519. The molecular weight excluding hydrogens is 494 g/mol. The van der Waals surface area contributed by atoms with Gasteiger partial charge in [-0.1, -0.05) is 30.5 Å². The number of piperidine rings is 1. The monoisotopic (exact) mass is 533 g/mol. The van der Waals surface area contributed by atoms with Crippen LogP contribution in [0.3, 0.4) is 0 Å². The predicted molar refractivity (Wildman–Crippen MR) is 149 cm³/mol. The van der Waals surface area contributed by atoms with Crippen LogP contribution in [-0.2, 0) is 4.74 Å². The molecule has 0 radical (unpaired) electrons. The van der Waals surface area contributed by atoms with Gasteiger partial charge in [0.1, 0.15) is 23.2 Å². The number of benzene rings is 1. The fourth-order valence-electron chi connectivity index (χ4n) is 5.41. The smallest absolute Gasteiger partial charge is 0.410 e. The number of anilines is 2. The summed E-state index contributed by atoms with van der Waals surface area (Å²) in [5.74, 6) is 2.41. The number of aryl methyl sites for hydroxylation is 1. The molecule has 9 heteroatoms. The summed E-state index contributed by atoms with van der Waals surface area (Å²) in [7, 11) is 0. The Bertz CT molecular complexity index is 1280. The molecule has 2 fully saturated rings. The van der Waals surface area contributed by atoms with Gasteiger partial charge in [-0.3, -0.25) is 0 Å². The van der Waals surface area contributed by atoms with Crippen molar-refractivity contribution in [3.63, 3.8) is 0 Å². The molecule has 0 bridgehead atoms. The van der Waals surface area contributed by atoms with E-state index in [4.69, 9.17) is 19.0 Å². The van der Waals surface area contributed by atoms with Crippen molar-refractivity contribution in [2.24, 2.45) is 0 Å². The van der Waals surface area contributed by atoms with Gasteiger partial charge >= 0.3 is 6.09 Å². The molecule has 1 aliphatic carbocycles. The minimum absolute atomic E-state index is 0.101. The molecule has 1 saturated heterocycles. The molecule has 1 atom stereocenters. The number of nitrogens with zero attached hydrogens (tertiary/aromatic N) is 4. The molecule has 1 unspecified atom stereocenters. The van der Waals surface area contributed by atoms with Crippen molar-refractivity contribution in [2.75, 3.05) is 18.4 Å². The summed E-state index contributed by atoms with van der Waals surface area (Å²) >= 11 is 0. The Morgan fingerprint density at radius 2 is 1.92 bits per heavy atom. The van der Waals surface area contributed by atoms with Gasteiger partial charge in [0.2, 0.25) is 5.95 Å². The number of aromatic nitrogens is 3. The van der Waals surface area contributed by atoms with Crippen LogP contribution in [0.15, 0.2) is 41.1 Å². The van der Waals surface area contributed by atoms with Crippen LogP contribution in [0.25, 0.3) is 11.3 Å². The average Bonchev–Trinajstić information content (AvgIpc) is 3.30. The molecule has 1 amide bonds. The standard InChI is InChI=1S/C30H39N5O4/c1-20-26(27(34-39-20)21-10-6-5-7-11-21)25-15-16-31-28(33-25)32-22-12-8-13-23(18-22)37-24-14-9-17-35(19-24)29(36)38-30(2,3)4/h8,12-13,15-16,18,21,24H,5-7,9-11,14,17,19H2,1-4H3,(H,31,32,33). The quantitative estimate of drug-likeness (QED) is 0.361. The van der Waals surface area contributed by atoms with Crippen molar-refractivity contribution < 1.29 is 18.8 Å². The first kappa shape index (κ1) is 27.0. The van der Waals surface area contributed by atoms with Crippen molar-refractivity contribution in [1.82, 2.24) is 20.0 Å². The van der Waals surface area contributed by atoms with Crippen LogP contribution in [-0.4, -0.2) is 50.9 Å². The first-order chi connectivity index (χ1) is 18.7. The number of ether oxygens (including phenoxy) is 2. The maximum Gasteiger partial charge on any atom is 0.410 e. The van der Waals surface area contributed by atoms with E-state index in [1.54, 1.807) is 11.1 Å². The summed E-state index contributed by atoms with van der Waals surface area (Å²) in [5, 5.41) is 7.74. The highest BCUT2D eigenvalue weighted by Gasteiger charge is 2.29. The highest BCUT2D eigenvalue weighted by atomic mass is 16.6.